The third-order valence-corrected chi connectivity index (χ3v) is 12.4. The molecule has 0 bridgehead atoms. The summed E-state index contributed by atoms with van der Waals surface area (Å²) in [5, 5.41) is 0. The van der Waals surface area contributed by atoms with E-state index in [4.69, 9.17) is 14.2 Å². The fourth-order valence-electron chi connectivity index (χ4n) is 8.27. The van der Waals surface area contributed by atoms with Gasteiger partial charge in [-0.25, -0.2) is 0 Å². The van der Waals surface area contributed by atoms with Gasteiger partial charge in [-0.2, -0.15) is 0 Å². The second kappa shape index (κ2) is 50.1. The fourth-order valence-corrected chi connectivity index (χ4v) is 8.27. The number of hydrogen-bond acceptors (Lipinski definition) is 6. The molecule has 0 radical (unpaired) electrons. The van der Waals surface area contributed by atoms with Gasteiger partial charge in [0.15, 0.2) is 6.10 Å². The van der Waals surface area contributed by atoms with Gasteiger partial charge in [0.05, 0.1) is 0 Å². The predicted octanol–water partition coefficient (Wildman–Crippen LogP) is 17.6. The first kappa shape index (κ1) is 58.4. The van der Waals surface area contributed by atoms with Gasteiger partial charge in [0, 0.05) is 19.3 Å². The first-order valence-electron chi connectivity index (χ1n) is 27.0. The minimum absolute atomic E-state index is 0.0625. The Bertz CT molecular complexity index is 889. The summed E-state index contributed by atoms with van der Waals surface area (Å²) in [7, 11) is 0. The van der Waals surface area contributed by atoms with Crippen LogP contribution in [0.15, 0.2) is 0 Å². The van der Waals surface area contributed by atoms with Gasteiger partial charge in [-0.05, 0) is 19.3 Å². The summed E-state index contributed by atoms with van der Waals surface area (Å²) in [4.78, 5) is 37.8. The van der Waals surface area contributed by atoms with E-state index in [0.717, 1.165) is 57.8 Å². The highest BCUT2D eigenvalue weighted by Crippen LogP contribution is 2.17. The lowest BCUT2D eigenvalue weighted by atomic mass is 10.0. The van der Waals surface area contributed by atoms with Crippen molar-refractivity contribution in [1.29, 1.82) is 0 Å². The molecule has 0 aromatic heterocycles. The van der Waals surface area contributed by atoms with E-state index < -0.39 is 6.10 Å². The molecule has 0 saturated carbocycles. The van der Waals surface area contributed by atoms with Gasteiger partial charge in [0.2, 0.25) is 0 Å². The second-order valence-corrected chi connectivity index (χ2v) is 18.5. The summed E-state index contributed by atoms with van der Waals surface area (Å²) < 4.78 is 16.8. The van der Waals surface area contributed by atoms with E-state index in [-0.39, 0.29) is 31.1 Å². The van der Waals surface area contributed by atoms with Crippen LogP contribution in [0, 0.1) is 0 Å². The Labute approximate surface area is 374 Å². The van der Waals surface area contributed by atoms with Crippen LogP contribution in [0.25, 0.3) is 0 Å². The molecule has 0 aliphatic carbocycles. The Balaban J connectivity index is 4.12. The lowest BCUT2D eigenvalue weighted by Crippen LogP contribution is -2.30. The van der Waals surface area contributed by atoms with Crippen molar-refractivity contribution in [2.45, 2.75) is 316 Å². The maximum atomic E-state index is 12.7. The molecule has 6 heteroatoms. The van der Waals surface area contributed by atoms with E-state index >= 15 is 0 Å². The summed E-state index contributed by atoms with van der Waals surface area (Å²) in [6.07, 6.45) is 53.9. The molecule has 0 heterocycles. The number of carbonyl (C=O) groups is 3. The van der Waals surface area contributed by atoms with Crippen molar-refractivity contribution in [2.24, 2.45) is 0 Å². The third-order valence-electron chi connectivity index (χ3n) is 12.4. The van der Waals surface area contributed by atoms with Crippen molar-refractivity contribution >= 4 is 17.9 Å². The number of unbranched alkanes of at least 4 members (excludes halogenated alkanes) is 39. The van der Waals surface area contributed by atoms with Crippen molar-refractivity contribution in [3.05, 3.63) is 0 Å². The van der Waals surface area contributed by atoms with E-state index in [0.29, 0.717) is 19.3 Å². The smallest absolute Gasteiger partial charge is 0.306 e. The molecule has 0 aliphatic rings. The summed E-state index contributed by atoms with van der Waals surface area (Å²) in [6, 6.07) is 0. The average molecular weight is 849 g/mol. The highest BCUT2D eigenvalue weighted by molar-refractivity contribution is 5.71. The van der Waals surface area contributed by atoms with E-state index in [2.05, 4.69) is 20.8 Å². The molecule has 0 amide bonds. The van der Waals surface area contributed by atoms with Gasteiger partial charge in [-0.3, -0.25) is 14.4 Å². The standard InChI is InChI=1S/C54H104O6/c1-4-7-10-13-16-18-20-22-24-26-27-28-30-32-34-36-39-41-44-47-53(56)59-50-51(60-54(57)48-45-42-37-15-12-9-6-3)49-58-52(55)46-43-40-38-35-33-31-29-25-23-21-19-17-14-11-8-5-2/h51H,4-50H2,1-3H3/t51-/m1/s1. The second-order valence-electron chi connectivity index (χ2n) is 18.5. The molecule has 0 aromatic rings. The van der Waals surface area contributed by atoms with Gasteiger partial charge in [0.25, 0.3) is 0 Å². The lowest BCUT2D eigenvalue weighted by molar-refractivity contribution is -0.167. The number of carbonyl (C=O) groups excluding carboxylic acids is 3. The quantitative estimate of drug-likeness (QED) is 0.0345. The number of rotatable bonds is 50. The molecule has 0 rings (SSSR count). The summed E-state index contributed by atoms with van der Waals surface area (Å²) in [5.41, 5.74) is 0. The monoisotopic (exact) mass is 849 g/mol. The maximum Gasteiger partial charge on any atom is 0.306 e. The average Bonchev–Trinajstić information content (AvgIpc) is 3.24. The topological polar surface area (TPSA) is 78.9 Å². The van der Waals surface area contributed by atoms with Gasteiger partial charge < -0.3 is 14.2 Å². The Morgan fingerprint density at radius 3 is 0.667 bits per heavy atom. The van der Waals surface area contributed by atoms with Crippen molar-refractivity contribution in [2.75, 3.05) is 13.2 Å². The first-order valence-corrected chi connectivity index (χ1v) is 27.0. The largest absolute Gasteiger partial charge is 0.462 e. The fraction of sp³-hybridized carbons (Fsp3) is 0.944. The van der Waals surface area contributed by atoms with Gasteiger partial charge in [-0.15, -0.1) is 0 Å². The molecule has 0 saturated heterocycles. The van der Waals surface area contributed by atoms with Crippen LogP contribution in [0.1, 0.15) is 310 Å². The van der Waals surface area contributed by atoms with E-state index in [1.807, 2.05) is 0 Å². The van der Waals surface area contributed by atoms with Crippen molar-refractivity contribution in [3.63, 3.8) is 0 Å². The van der Waals surface area contributed by atoms with Gasteiger partial charge in [0.1, 0.15) is 13.2 Å². The van der Waals surface area contributed by atoms with Crippen molar-refractivity contribution < 1.29 is 28.6 Å². The van der Waals surface area contributed by atoms with Crippen LogP contribution in [-0.4, -0.2) is 37.2 Å². The van der Waals surface area contributed by atoms with Crippen LogP contribution >= 0.6 is 0 Å². The molecule has 356 valence electrons. The Morgan fingerprint density at radius 2 is 0.450 bits per heavy atom. The highest BCUT2D eigenvalue weighted by atomic mass is 16.6. The minimum atomic E-state index is -0.758. The zero-order valence-corrected chi connectivity index (χ0v) is 40.8. The molecule has 0 aliphatic heterocycles. The zero-order valence-electron chi connectivity index (χ0n) is 40.8. The highest BCUT2D eigenvalue weighted by Gasteiger charge is 2.19. The molecule has 0 fully saturated rings. The van der Waals surface area contributed by atoms with E-state index in [1.54, 1.807) is 0 Å². The Hall–Kier alpha value is -1.59. The van der Waals surface area contributed by atoms with Crippen molar-refractivity contribution in [1.82, 2.24) is 0 Å². The van der Waals surface area contributed by atoms with Crippen LogP contribution in [0.5, 0.6) is 0 Å². The van der Waals surface area contributed by atoms with Gasteiger partial charge in [-0.1, -0.05) is 271 Å². The molecule has 0 spiro atoms. The SMILES string of the molecule is CCCCCCCCCCCCCCCCCCCCCC(=O)OC[C@@H](COC(=O)CCCCCCCCCCCCCCCCCC)OC(=O)CCCCCCCCC. The van der Waals surface area contributed by atoms with Crippen LogP contribution in [0.3, 0.4) is 0 Å². The normalized spacial score (nSPS) is 11.8. The summed E-state index contributed by atoms with van der Waals surface area (Å²) in [6.45, 7) is 6.65. The molecule has 6 nitrogen and oxygen atoms in total. The molecule has 60 heavy (non-hydrogen) atoms. The van der Waals surface area contributed by atoms with Crippen molar-refractivity contribution in [3.8, 4) is 0 Å². The molecule has 0 unspecified atom stereocenters. The molecule has 0 N–H and O–H groups in total. The number of esters is 3. The molecule has 0 aromatic carbocycles. The van der Waals surface area contributed by atoms with Crippen LogP contribution in [0.4, 0.5) is 0 Å². The predicted molar refractivity (Wildman–Crippen MR) is 257 cm³/mol. The van der Waals surface area contributed by atoms with E-state index in [9.17, 15) is 14.4 Å². The minimum Gasteiger partial charge on any atom is -0.462 e. The Morgan fingerprint density at radius 1 is 0.267 bits per heavy atom. The number of ether oxygens (including phenoxy) is 3. The zero-order chi connectivity index (χ0) is 43.7. The molecular formula is C54H104O6. The molecule has 1 atom stereocenters. The first-order chi connectivity index (χ1) is 29.5. The third kappa shape index (κ3) is 47.5. The summed E-state index contributed by atoms with van der Waals surface area (Å²) >= 11 is 0. The van der Waals surface area contributed by atoms with E-state index in [1.165, 1.54) is 212 Å². The maximum absolute atomic E-state index is 12.7. The Kier molecular flexibility index (Phi) is 48.7. The van der Waals surface area contributed by atoms with Crippen LogP contribution in [0.2, 0.25) is 0 Å². The molecular weight excluding hydrogens is 745 g/mol. The number of hydrogen-bond donors (Lipinski definition) is 0. The lowest BCUT2D eigenvalue weighted by Gasteiger charge is -2.18. The van der Waals surface area contributed by atoms with Crippen LogP contribution < -0.4 is 0 Å². The summed E-state index contributed by atoms with van der Waals surface area (Å²) in [5.74, 6) is -0.847. The van der Waals surface area contributed by atoms with Gasteiger partial charge >= 0.3 is 17.9 Å². The van der Waals surface area contributed by atoms with Crippen LogP contribution in [-0.2, 0) is 28.6 Å².